The summed E-state index contributed by atoms with van der Waals surface area (Å²) in [6, 6.07) is 0. The zero-order valence-corrected chi connectivity index (χ0v) is 10.8. The van der Waals surface area contributed by atoms with Gasteiger partial charge in [0.2, 0.25) is 0 Å². The molecule has 0 spiro atoms. The molecule has 0 amide bonds. The third kappa shape index (κ3) is 3.67. The average Bonchev–Trinajstić information content (AvgIpc) is 1.97. The van der Waals surface area contributed by atoms with Gasteiger partial charge in [-0.2, -0.15) is 0 Å². The third-order valence-electron chi connectivity index (χ3n) is 3.84. The predicted molar refractivity (Wildman–Crippen MR) is 67.4 cm³/mol. The molecule has 1 saturated heterocycles. The van der Waals surface area contributed by atoms with E-state index in [-0.39, 0.29) is 0 Å². The molecule has 0 aliphatic carbocycles. The van der Waals surface area contributed by atoms with E-state index in [2.05, 4.69) is 34.6 Å². The maximum atomic E-state index is 2.46. The van der Waals surface area contributed by atoms with Gasteiger partial charge in [-0.15, -0.1) is 0 Å². The van der Waals surface area contributed by atoms with Crippen molar-refractivity contribution in [3.05, 3.63) is 0 Å². The molecular weight excluding hydrogens is 167 g/mol. The van der Waals surface area contributed by atoms with Crippen molar-refractivity contribution in [3.8, 4) is 0 Å². The molecule has 1 atom stereocenters. The molecule has 0 aromatic heterocycles. The van der Waals surface area contributed by atoms with Crippen molar-refractivity contribution in [3.63, 3.8) is 0 Å². The molecule has 0 saturated carbocycles. The summed E-state index contributed by atoms with van der Waals surface area (Å²) in [7, 11) is 1.46. The molecule has 0 bridgehead atoms. The first kappa shape index (κ1) is 12.1. The summed E-state index contributed by atoms with van der Waals surface area (Å²) in [4.78, 5) is 0. The van der Waals surface area contributed by atoms with E-state index >= 15 is 0 Å². The minimum absolute atomic E-state index is 0.560. The van der Waals surface area contributed by atoms with Crippen LogP contribution in [0.1, 0.15) is 60.3 Å². The van der Waals surface area contributed by atoms with Crippen molar-refractivity contribution < 1.29 is 0 Å². The lowest BCUT2D eigenvalue weighted by Gasteiger charge is -2.39. The van der Waals surface area contributed by atoms with Gasteiger partial charge in [0.1, 0.15) is 7.28 Å². The summed E-state index contributed by atoms with van der Waals surface area (Å²) in [5.41, 5.74) is 1.13. The Bertz CT molecular complexity index is 182. The summed E-state index contributed by atoms with van der Waals surface area (Å²) < 4.78 is 0. The summed E-state index contributed by atoms with van der Waals surface area (Å²) in [5.74, 6) is 0.987. The lowest BCUT2D eigenvalue weighted by molar-refractivity contribution is 0.168. The van der Waals surface area contributed by atoms with E-state index in [1.807, 2.05) is 0 Å². The molecule has 1 aliphatic rings. The van der Waals surface area contributed by atoms with Crippen LogP contribution >= 0.6 is 0 Å². The van der Waals surface area contributed by atoms with Gasteiger partial charge >= 0.3 is 0 Å². The topological polar surface area (TPSA) is 0 Å². The van der Waals surface area contributed by atoms with Crippen LogP contribution in [-0.2, 0) is 0 Å². The monoisotopic (exact) mass is 194 g/mol. The van der Waals surface area contributed by atoms with E-state index in [9.17, 15) is 0 Å². The Morgan fingerprint density at radius 3 is 2.36 bits per heavy atom. The van der Waals surface area contributed by atoms with Gasteiger partial charge in [0.25, 0.3) is 0 Å². The summed E-state index contributed by atoms with van der Waals surface area (Å²) in [6.07, 6.45) is 7.09. The fourth-order valence-electron chi connectivity index (χ4n) is 3.56. The minimum Gasteiger partial charge on any atom is -0.0767 e. The predicted octanol–water partition coefficient (Wildman–Crippen LogP) is 4.28. The van der Waals surface area contributed by atoms with E-state index in [1.165, 1.54) is 39.3 Å². The maximum absolute atomic E-state index is 2.46. The SMILES string of the molecule is CCC1BCCC(C)(C)CC(C)(C)C1. The highest BCUT2D eigenvalue weighted by Gasteiger charge is 2.32. The lowest BCUT2D eigenvalue weighted by atomic mass is 9.51. The van der Waals surface area contributed by atoms with Gasteiger partial charge in [-0.1, -0.05) is 66.0 Å². The van der Waals surface area contributed by atoms with E-state index in [1.54, 1.807) is 0 Å². The fraction of sp³-hybridized carbons (Fsp3) is 1.00. The zero-order valence-electron chi connectivity index (χ0n) is 10.8. The summed E-state index contributed by atoms with van der Waals surface area (Å²) >= 11 is 0. The van der Waals surface area contributed by atoms with Crippen LogP contribution in [0.25, 0.3) is 0 Å². The van der Waals surface area contributed by atoms with Crippen LogP contribution in [0.2, 0.25) is 12.1 Å². The van der Waals surface area contributed by atoms with Crippen molar-refractivity contribution in [2.45, 2.75) is 72.4 Å². The molecule has 1 aliphatic heterocycles. The molecule has 1 heterocycles. The van der Waals surface area contributed by atoms with Gasteiger partial charge in [0, 0.05) is 0 Å². The number of rotatable bonds is 1. The van der Waals surface area contributed by atoms with Gasteiger partial charge in [0.05, 0.1) is 0 Å². The average molecular weight is 194 g/mol. The van der Waals surface area contributed by atoms with Crippen LogP contribution in [0.15, 0.2) is 0 Å². The van der Waals surface area contributed by atoms with Crippen LogP contribution in [0, 0.1) is 10.8 Å². The first-order valence-corrected chi connectivity index (χ1v) is 6.35. The van der Waals surface area contributed by atoms with Gasteiger partial charge < -0.3 is 0 Å². The van der Waals surface area contributed by atoms with Crippen molar-refractivity contribution in [2.24, 2.45) is 10.8 Å². The van der Waals surface area contributed by atoms with Crippen molar-refractivity contribution >= 4 is 7.28 Å². The Labute approximate surface area is 91.1 Å². The van der Waals surface area contributed by atoms with E-state index < -0.39 is 0 Å². The molecule has 0 aromatic carbocycles. The summed E-state index contributed by atoms with van der Waals surface area (Å²) in [6.45, 7) is 12.2. The molecule has 1 unspecified atom stereocenters. The van der Waals surface area contributed by atoms with Crippen LogP contribution in [0.3, 0.4) is 0 Å². The van der Waals surface area contributed by atoms with Crippen LogP contribution in [0.4, 0.5) is 0 Å². The highest BCUT2D eigenvalue weighted by atomic mass is 14.3. The fourth-order valence-corrected chi connectivity index (χ4v) is 3.56. The van der Waals surface area contributed by atoms with E-state index in [0.29, 0.717) is 10.8 Å². The Hall–Kier alpha value is 0.0649. The Kier molecular flexibility index (Phi) is 3.72. The molecule has 1 heteroatoms. The highest BCUT2D eigenvalue weighted by Crippen LogP contribution is 2.44. The van der Waals surface area contributed by atoms with Crippen molar-refractivity contribution in [1.82, 2.24) is 0 Å². The van der Waals surface area contributed by atoms with Gasteiger partial charge in [-0.05, 0) is 17.3 Å². The second kappa shape index (κ2) is 4.29. The van der Waals surface area contributed by atoms with Gasteiger partial charge in [0.15, 0.2) is 0 Å². The second-order valence-electron chi connectivity index (χ2n) is 6.88. The number of hydrogen-bond acceptors (Lipinski definition) is 0. The van der Waals surface area contributed by atoms with Crippen molar-refractivity contribution in [2.75, 3.05) is 0 Å². The van der Waals surface area contributed by atoms with Crippen LogP contribution in [-0.4, -0.2) is 7.28 Å². The quantitative estimate of drug-likeness (QED) is 0.546. The first-order chi connectivity index (χ1) is 6.35. The second-order valence-corrected chi connectivity index (χ2v) is 6.88. The lowest BCUT2D eigenvalue weighted by Crippen LogP contribution is -2.28. The standard InChI is InChI=1S/C13H27B/c1-6-11-9-13(4,5)10-12(2,3)7-8-14-11/h11,14H,6-10H2,1-5H3. The molecule has 0 nitrogen and oxygen atoms in total. The molecular formula is C13H27B. The van der Waals surface area contributed by atoms with E-state index in [4.69, 9.17) is 0 Å². The van der Waals surface area contributed by atoms with Crippen LogP contribution in [0.5, 0.6) is 0 Å². The molecule has 1 rings (SSSR count). The molecule has 0 N–H and O–H groups in total. The Morgan fingerprint density at radius 1 is 1.14 bits per heavy atom. The Balaban J connectivity index is 2.65. The van der Waals surface area contributed by atoms with Gasteiger partial charge in [-0.3, -0.25) is 0 Å². The summed E-state index contributed by atoms with van der Waals surface area (Å²) in [5, 5.41) is 0. The van der Waals surface area contributed by atoms with E-state index in [0.717, 1.165) is 5.82 Å². The maximum Gasteiger partial charge on any atom is 0.124 e. The smallest absolute Gasteiger partial charge is 0.0767 e. The molecule has 0 aromatic rings. The Morgan fingerprint density at radius 2 is 1.79 bits per heavy atom. The molecule has 1 fully saturated rings. The van der Waals surface area contributed by atoms with Crippen LogP contribution < -0.4 is 0 Å². The van der Waals surface area contributed by atoms with Gasteiger partial charge in [-0.25, -0.2) is 0 Å². The normalized spacial score (nSPS) is 31.4. The molecule has 0 radical (unpaired) electrons. The molecule has 82 valence electrons. The third-order valence-corrected chi connectivity index (χ3v) is 3.84. The molecule has 14 heavy (non-hydrogen) atoms. The van der Waals surface area contributed by atoms with Crippen molar-refractivity contribution in [1.29, 1.82) is 0 Å². The largest absolute Gasteiger partial charge is 0.124 e. The number of hydrogen-bond donors (Lipinski definition) is 0. The zero-order chi connectivity index (χ0) is 10.8. The first-order valence-electron chi connectivity index (χ1n) is 6.35. The minimum atomic E-state index is 0.560. The highest BCUT2D eigenvalue weighted by molar-refractivity contribution is 6.37.